The molecular weight excluding hydrogens is 452 g/mol. The third-order valence-corrected chi connectivity index (χ3v) is 6.51. The molecule has 0 aliphatic carbocycles. The molecule has 0 saturated heterocycles. The number of hydrogen-bond donors (Lipinski definition) is 0. The maximum atomic E-state index is 12.9. The molecule has 0 bridgehead atoms. The minimum absolute atomic E-state index is 0.196. The molecule has 2 aliphatic rings. The quantitative estimate of drug-likeness (QED) is 0.340. The summed E-state index contributed by atoms with van der Waals surface area (Å²) in [6, 6.07) is 31.7. The highest BCUT2D eigenvalue weighted by Crippen LogP contribution is 2.31. The van der Waals surface area contributed by atoms with Gasteiger partial charge in [-0.05, 0) is 60.2 Å². The van der Waals surface area contributed by atoms with Crippen molar-refractivity contribution < 1.29 is 19.0 Å². The van der Waals surface area contributed by atoms with Crippen LogP contribution in [-0.4, -0.2) is 19.4 Å². The zero-order chi connectivity index (χ0) is 24.3. The summed E-state index contributed by atoms with van der Waals surface area (Å²) in [5.74, 6) is 1.32. The van der Waals surface area contributed by atoms with Gasteiger partial charge in [-0.15, -0.1) is 0 Å². The van der Waals surface area contributed by atoms with E-state index in [4.69, 9.17) is 14.2 Å². The van der Waals surface area contributed by atoms with Crippen LogP contribution < -0.4 is 19.3 Å². The zero-order valence-corrected chi connectivity index (χ0v) is 19.8. The van der Waals surface area contributed by atoms with Crippen LogP contribution in [0.1, 0.15) is 27.0 Å². The summed E-state index contributed by atoms with van der Waals surface area (Å²) < 4.78 is 17.5. The Morgan fingerprint density at radius 3 is 1.86 bits per heavy atom. The van der Waals surface area contributed by atoms with Crippen molar-refractivity contribution in [3.8, 4) is 11.5 Å². The average molecular weight is 479 g/mol. The van der Waals surface area contributed by atoms with Crippen molar-refractivity contribution in [3.63, 3.8) is 0 Å². The summed E-state index contributed by atoms with van der Waals surface area (Å²) in [4.78, 5) is 17.2. The zero-order valence-electron chi connectivity index (χ0n) is 19.8. The Balaban J connectivity index is 1.12. The second-order valence-electron chi connectivity index (χ2n) is 8.95. The van der Waals surface area contributed by atoms with Crippen LogP contribution in [0.4, 0.5) is 11.4 Å². The van der Waals surface area contributed by atoms with Crippen molar-refractivity contribution >= 4 is 17.3 Å². The smallest absolute Gasteiger partial charge is 0.338 e. The van der Waals surface area contributed by atoms with Crippen LogP contribution in [-0.2, 0) is 24.4 Å². The van der Waals surface area contributed by atoms with Crippen molar-refractivity contribution in [2.45, 2.75) is 19.7 Å². The maximum Gasteiger partial charge on any atom is 0.338 e. The lowest BCUT2D eigenvalue weighted by molar-refractivity contribution is 0.0472. The molecule has 0 saturated carbocycles. The standard InChI is InChI=1S/C30H26N2O4/c33-30(23-12-14-29-25(16-23)18-32(21-36-29)27-9-5-2-6-10-27)34-19-22-11-13-28-24(15-22)17-31(20-35-28)26-7-3-1-4-8-26/h1-16H,17-21H2. The third-order valence-electron chi connectivity index (χ3n) is 6.51. The molecule has 0 fully saturated rings. The Labute approximate surface area is 210 Å². The van der Waals surface area contributed by atoms with Crippen LogP contribution in [0.2, 0.25) is 0 Å². The maximum absolute atomic E-state index is 12.9. The van der Waals surface area contributed by atoms with Gasteiger partial charge in [-0.3, -0.25) is 0 Å². The van der Waals surface area contributed by atoms with E-state index in [2.05, 4.69) is 40.1 Å². The second kappa shape index (κ2) is 9.66. The van der Waals surface area contributed by atoms with Crippen molar-refractivity contribution in [1.82, 2.24) is 0 Å². The fourth-order valence-electron chi connectivity index (χ4n) is 4.60. The number of hydrogen-bond acceptors (Lipinski definition) is 6. The number of ether oxygens (including phenoxy) is 3. The lowest BCUT2D eigenvalue weighted by Crippen LogP contribution is -2.32. The normalized spacial score (nSPS) is 14.2. The third kappa shape index (κ3) is 4.58. The number of esters is 1. The Morgan fingerprint density at radius 1 is 0.694 bits per heavy atom. The lowest BCUT2D eigenvalue weighted by Gasteiger charge is -2.31. The van der Waals surface area contributed by atoms with E-state index in [9.17, 15) is 4.79 Å². The number of benzene rings is 4. The predicted octanol–water partition coefficient (Wildman–Crippen LogP) is 5.76. The molecule has 0 aromatic heterocycles. The van der Waals surface area contributed by atoms with E-state index in [1.165, 1.54) is 0 Å². The number of para-hydroxylation sites is 2. The molecule has 0 N–H and O–H groups in total. The van der Waals surface area contributed by atoms with Crippen LogP contribution in [0.3, 0.4) is 0 Å². The van der Waals surface area contributed by atoms with E-state index < -0.39 is 0 Å². The average Bonchev–Trinajstić information content (AvgIpc) is 2.95. The van der Waals surface area contributed by atoms with Gasteiger partial charge >= 0.3 is 5.97 Å². The van der Waals surface area contributed by atoms with E-state index in [-0.39, 0.29) is 12.6 Å². The highest BCUT2D eigenvalue weighted by atomic mass is 16.5. The van der Waals surface area contributed by atoms with Gasteiger partial charge in [0, 0.05) is 35.6 Å². The van der Waals surface area contributed by atoms with E-state index in [0.717, 1.165) is 46.1 Å². The van der Waals surface area contributed by atoms with Crippen molar-refractivity contribution in [3.05, 3.63) is 119 Å². The SMILES string of the molecule is O=C(OCc1ccc2c(c1)CN(c1ccccc1)CO2)c1ccc2c(c1)CN(c1ccccc1)CO2. The molecule has 180 valence electrons. The molecule has 0 radical (unpaired) electrons. The summed E-state index contributed by atoms with van der Waals surface area (Å²) >= 11 is 0. The molecule has 0 unspecified atom stereocenters. The fraction of sp³-hybridized carbons (Fsp3) is 0.167. The van der Waals surface area contributed by atoms with Crippen molar-refractivity contribution in [2.24, 2.45) is 0 Å². The Kier molecular flexibility index (Phi) is 5.91. The Hall–Kier alpha value is -4.45. The van der Waals surface area contributed by atoms with Crippen molar-refractivity contribution in [1.29, 1.82) is 0 Å². The molecule has 6 rings (SSSR count). The number of carbonyl (C=O) groups excluding carboxylic acids is 1. The van der Waals surface area contributed by atoms with Crippen LogP contribution in [0.5, 0.6) is 11.5 Å². The van der Waals surface area contributed by atoms with Gasteiger partial charge in [0.2, 0.25) is 0 Å². The van der Waals surface area contributed by atoms with Gasteiger partial charge in [0.15, 0.2) is 13.5 Å². The Morgan fingerprint density at radius 2 is 1.25 bits per heavy atom. The topological polar surface area (TPSA) is 51.2 Å². The number of carbonyl (C=O) groups is 1. The fourth-order valence-corrected chi connectivity index (χ4v) is 4.60. The molecule has 6 nitrogen and oxygen atoms in total. The van der Waals surface area contributed by atoms with E-state index in [0.29, 0.717) is 25.6 Å². The summed E-state index contributed by atoms with van der Waals surface area (Å²) in [7, 11) is 0. The summed E-state index contributed by atoms with van der Waals surface area (Å²) in [6.07, 6.45) is 0. The van der Waals surface area contributed by atoms with Crippen LogP contribution in [0.25, 0.3) is 0 Å². The molecule has 0 atom stereocenters. The summed E-state index contributed by atoms with van der Waals surface area (Å²) in [6.45, 7) is 2.59. The van der Waals surface area contributed by atoms with Crippen LogP contribution >= 0.6 is 0 Å². The summed E-state index contributed by atoms with van der Waals surface area (Å²) in [5, 5.41) is 0. The summed E-state index contributed by atoms with van der Waals surface area (Å²) in [5.41, 5.74) is 5.68. The first-order valence-electron chi connectivity index (χ1n) is 12.0. The number of fused-ring (bicyclic) bond motifs is 2. The number of nitrogens with zero attached hydrogens (tertiary/aromatic N) is 2. The molecule has 2 aliphatic heterocycles. The molecule has 4 aromatic carbocycles. The van der Waals surface area contributed by atoms with E-state index in [1.54, 1.807) is 6.07 Å². The first-order chi connectivity index (χ1) is 17.7. The van der Waals surface area contributed by atoms with Gasteiger partial charge in [-0.25, -0.2) is 4.79 Å². The lowest BCUT2D eigenvalue weighted by atomic mass is 10.1. The van der Waals surface area contributed by atoms with Crippen LogP contribution in [0.15, 0.2) is 97.1 Å². The first kappa shape index (κ1) is 22.0. The second-order valence-corrected chi connectivity index (χ2v) is 8.95. The number of anilines is 2. The monoisotopic (exact) mass is 478 g/mol. The minimum Gasteiger partial charge on any atom is -0.473 e. The largest absolute Gasteiger partial charge is 0.473 e. The van der Waals surface area contributed by atoms with Crippen molar-refractivity contribution in [2.75, 3.05) is 23.3 Å². The van der Waals surface area contributed by atoms with Gasteiger partial charge in [-0.2, -0.15) is 0 Å². The van der Waals surface area contributed by atoms with Crippen LogP contribution in [0, 0.1) is 0 Å². The van der Waals surface area contributed by atoms with E-state index in [1.807, 2.05) is 60.7 Å². The van der Waals surface area contributed by atoms with Gasteiger partial charge < -0.3 is 24.0 Å². The molecule has 0 amide bonds. The number of rotatable bonds is 5. The van der Waals surface area contributed by atoms with Gasteiger partial charge in [-0.1, -0.05) is 42.5 Å². The van der Waals surface area contributed by atoms with Gasteiger partial charge in [0.05, 0.1) is 5.56 Å². The Bertz CT molecular complexity index is 1370. The predicted molar refractivity (Wildman–Crippen MR) is 138 cm³/mol. The molecule has 0 spiro atoms. The minimum atomic E-state index is -0.352. The molecule has 2 heterocycles. The van der Waals surface area contributed by atoms with Gasteiger partial charge in [0.25, 0.3) is 0 Å². The highest BCUT2D eigenvalue weighted by molar-refractivity contribution is 5.90. The highest BCUT2D eigenvalue weighted by Gasteiger charge is 2.21. The molecular formula is C30H26N2O4. The first-order valence-corrected chi connectivity index (χ1v) is 12.0. The van der Waals surface area contributed by atoms with E-state index >= 15 is 0 Å². The molecule has 36 heavy (non-hydrogen) atoms. The molecule has 4 aromatic rings. The molecule has 6 heteroatoms. The van der Waals surface area contributed by atoms with Gasteiger partial charge in [0.1, 0.15) is 18.1 Å².